The molecule has 3 heteroatoms. The van der Waals surface area contributed by atoms with Crippen LogP contribution in [0.25, 0.3) is 0 Å². The summed E-state index contributed by atoms with van der Waals surface area (Å²) >= 11 is 0. The fourth-order valence-electron chi connectivity index (χ4n) is 1.56. The number of carbonyl (C=O) groups excluding carboxylic acids is 1. The molecular formula is C11H24N2O. The minimum Gasteiger partial charge on any atom is -0.344 e. The third-order valence-corrected chi connectivity index (χ3v) is 2.67. The van der Waals surface area contributed by atoms with Gasteiger partial charge in [0.15, 0.2) is 0 Å². The summed E-state index contributed by atoms with van der Waals surface area (Å²) in [6.45, 7) is 8.90. The molecule has 0 unspecified atom stereocenters. The SMILES string of the molecule is CCC(N)(CC)C(=O)N(C)CC(C)C. The van der Waals surface area contributed by atoms with E-state index >= 15 is 0 Å². The van der Waals surface area contributed by atoms with E-state index in [4.69, 9.17) is 5.73 Å². The highest BCUT2D eigenvalue weighted by Crippen LogP contribution is 2.15. The van der Waals surface area contributed by atoms with E-state index in [2.05, 4.69) is 13.8 Å². The van der Waals surface area contributed by atoms with Crippen LogP contribution in [0.5, 0.6) is 0 Å². The van der Waals surface area contributed by atoms with Crippen molar-refractivity contribution in [3.63, 3.8) is 0 Å². The van der Waals surface area contributed by atoms with Gasteiger partial charge in [0.1, 0.15) is 0 Å². The van der Waals surface area contributed by atoms with Crippen LogP contribution in [0.1, 0.15) is 40.5 Å². The smallest absolute Gasteiger partial charge is 0.242 e. The van der Waals surface area contributed by atoms with Crippen LogP contribution in [-0.4, -0.2) is 29.9 Å². The lowest BCUT2D eigenvalue weighted by Crippen LogP contribution is -2.54. The number of amides is 1. The van der Waals surface area contributed by atoms with Crippen LogP contribution in [0.4, 0.5) is 0 Å². The summed E-state index contributed by atoms with van der Waals surface area (Å²) in [4.78, 5) is 13.7. The quantitative estimate of drug-likeness (QED) is 0.733. The minimum absolute atomic E-state index is 0.0659. The Balaban J connectivity index is 4.43. The minimum atomic E-state index is -0.663. The zero-order valence-electron chi connectivity index (χ0n) is 10.1. The van der Waals surface area contributed by atoms with Gasteiger partial charge in [-0.15, -0.1) is 0 Å². The van der Waals surface area contributed by atoms with Crippen molar-refractivity contribution in [1.29, 1.82) is 0 Å². The van der Waals surface area contributed by atoms with E-state index in [1.54, 1.807) is 4.90 Å². The van der Waals surface area contributed by atoms with E-state index in [1.165, 1.54) is 0 Å². The average Bonchev–Trinajstić information content (AvgIpc) is 2.14. The van der Waals surface area contributed by atoms with Crippen molar-refractivity contribution in [3.8, 4) is 0 Å². The molecule has 0 aromatic heterocycles. The first-order valence-electron chi connectivity index (χ1n) is 5.41. The van der Waals surface area contributed by atoms with Gasteiger partial charge in [-0.2, -0.15) is 0 Å². The lowest BCUT2D eigenvalue weighted by molar-refractivity contribution is -0.136. The second-order valence-electron chi connectivity index (χ2n) is 4.44. The molecule has 0 atom stereocenters. The summed E-state index contributed by atoms with van der Waals surface area (Å²) in [5.74, 6) is 0.554. The van der Waals surface area contributed by atoms with Crippen molar-refractivity contribution < 1.29 is 4.79 Å². The fourth-order valence-corrected chi connectivity index (χ4v) is 1.56. The first-order valence-corrected chi connectivity index (χ1v) is 5.41. The highest BCUT2D eigenvalue weighted by Gasteiger charge is 2.32. The van der Waals surface area contributed by atoms with Crippen LogP contribution in [0, 0.1) is 5.92 Å². The second-order valence-corrected chi connectivity index (χ2v) is 4.44. The van der Waals surface area contributed by atoms with Crippen molar-refractivity contribution >= 4 is 5.91 Å². The zero-order valence-corrected chi connectivity index (χ0v) is 10.1. The molecule has 0 heterocycles. The molecule has 0 aliphatic carbocycles. The Hall–Kier alpha value is -0.570. The fraction of sp³-hybridized carbons (Fsp3) is 0.909. The third-order valence-electron chi connectivity index (χ3n) is 2.67. The molecule has 0 aromatic rings. The van der Waals surface area contributed by atoms with Crippen LogP contribution in [0.3, 0.4) is 0 Å². The van der Waals surface area contributed by atoms with E-state index in [0.717, 1.165) is 6.54 Å². The topological polar surface area (TPSA) is 46.3 Å². The number of nitrogens with zero attached hydrogens (tertiary/aromatic N) is 1. The predicted octanol–water partition coefficient (Wildman–Crippen LogP) is 1.62. The number of carbonyl (C=O) groups is 1. The number of rotatable bonds is 5. The van der Waals surface area contributed by atoms with E-state index in [1.807, 2.05) is 20.9 Å². The first kappa shape index (κ1) is 13.4. The van der Waals surface area contributed by atoms with Crippen molar-refractivity contribution in [3.05, 3.63) is 0 Å². The summed E-state index contributed by atoms with van der Waals surface area (Å²) in [6.07, 6.45) is 1.40. The molecule has 0 aromatic carbocycles. The Labute approximate surface area is 87.6 Å². The summed E-state index contributed by atoms with van der Waals surface area (Å²) in [5.41, 5.74) is 5.36. The highest BCUT2D eigenvalue weighted by atomic mass is 16.2. The van der Waals surface area contributed by atoms with E-state index in [0.29, 0.717) is 18.8 Å². The number of nitrogens with two attached hydrogens (primary N) is 1. The second kappa shape index (κ2) is 5.35. The number of hydrogen-bond donors (Lipinski definition) is 1. The molecule has 0 bridgehead atoms. The van der Waals surface area contributed by atoms with Gasteiger partial charge in [-0.05, 0) is 18.8 Å². The Kier molecular flexibility index (Phi) is 5.13. The van der Waals surface area contributed by atoms with Gasteiger partial charge in [0.25, 0.3) is 0 Å². The number of likely N-dealkylation sites (N-methyl/N-ethyl adjacent to an activating group) is 1. The molecule has 1 amide bonds. The van der Waals surface area contributed by atoms with Crippen molar-refractivity contribution in [2.45, 2.75) is 46.1 Å². The summed E-state index contributed by atoms with van der Waals surface area (Å²) in [7, 11) is 1.83. The van der Waals surface area contributed by atoms with Gasteiger partial charge in [-0.3, -0.25) is 4.79 Å². The Morgan fingerprint density at radius 3 is 2.07 bits per heavy atom. The normalized spacial score (nSPS) is 11.9. The molecule has 84 valence electrons. The molecule has 0 aliphatic heterocycles. The molecular weight excluding hydrogens is 176 g/mol. The summed E-state index contributed by atoms with van der Waals surface area (Å²) in [5, 5.41) is 0. The highest BCUT2D eigenvalue weighted by molar-refractivity contribution is 5.85. The molecule has 3 nitrogen and oxygen atoms in total. The molecule has 14 heavy (non-hydrogen) atoms. The van der Waals surface area contributed by atoms with Gasteiger partial charge >= 0.3 is 0 Å². The largest absolute Gasteiger partial charge is 0.344 e. The molecule has 0 saturated carbocycles. The van der Waals surface area contributed by atoms with Crippen LogP contribution in [-0.2, 0) is 4.79 Å². The lowest BCUT2D eigenvalue weighted by atomic mass is 9.92. The predicted molar refractivity (Wildman–Crippen MR) is 60.0 cm³/mol. The lowest BCUT2D eigenvalue weighted by Gasteiger charge is -2.31. The first-order chi connectivity index (χ1) is 6.37. The Morgan fingerprint density at radius 2 is 1.79 bits per heavy atom. The molecule has 0 aliphatic rings. The number of hydrogen-bond acceptors (Lipinski definition) is 2. The maximum absolute atomic E-state index is 12.0. The van der Waals surface area contributed by atoms with Gasteiger partial charge in [0.05, 0.1) is 5.54 Å². The molecule has 0 saturated heterocycles. The van der Waals surface area contributed by atoms with Gasteiger partial charge in [0.2, 0.25) is 5.91 Å². The van der Waals surface area contributed by atoms with Crippen LogP contribution >= 0.6 is 0 Å². The van der Waals surface area contributed by atoms with Gasteiger partial charge in [-0.1, -0.05) is 27.7 Å². The summed E-state index contributed by atoms with van der Waals surface area (Å²) < 4.78 is 0. The van der Waals surface area contributed by atoms with Crippen molar-refractivity contribution in [1.82, 2.24) is 4.90 Å². The zero-order chi connectivity index (χ0) is 11.4. The average molecular weight is 200 g/mol. The molecule has 0 spiro atoms. The van der Waals surface area contributed by atoms with E-state index < -0.39 is 5.54 Å². The molecule has 0 radical (unpaired) electrons. The van der Waals surface area contributed by atoms with Crippen molar-refractivity contribution in [2.24, 2.45) is 11.7 Å². The van der Waals surface area contributed by atoms with E-state index in [9.17, 15) is 4.79 Å². The summed E-state index contributed by atoms with van der Waals surface area (Å²) in [6, 6.07) is 0. The molecule has 0 fully saturated rings. The third kappa shape index (κ3) is 3.29. The molecule has 2 N–H and O–H groups in total. The maximum atomic E-state index is 12.0. The van der Waals surface area contributed by atoms with Gasteiger partial charge in [0, 0.05) is 13.6 Å². The van der Waals surface area contributed by atoms with Crippen LogP contribution < -0.4 is 5.73 Å². The van der Waals surface area contributed by atoms with Crippen molar-refractivity contribution in [2.75, 3.05) is 13.6 Å². The van der Waals surface area contributed by atoms with E-state index in [-0.39, 0.29) is 5.91 Å². The Morgan fingerprint density at radius 1 is 1.36 bits per heavy atom. The standard InChI is InChI=1S/C11H24N2O/c1-6-11(12,7-2)10(14)13(5)8-9(3)4/h9H,6-8,12H2,1-5H3. The van der Waals surface area contributed by atoms with Gasteiger partial charge in [-0.25, -0.2) is 0 Å². The molecule has 0 rings (SSSR count). The van der Waals surface area contributed by atoms with Crippen LogP contribution in [0.2, 0.25) is 0 Å². The maximum Gasteiger partial charge on any atom is 0.242 e. The van der Waals surface area contributed by atoms with Crippen LogP contribution in [0.15, 0.2) is 0 Å². The van der Waals surface area contributed by atoms with Gasteiger partial charge < -0.3 is 10.6 Å². The monoisotopic (exact) mass is 200 g/mol. The Bertz CT molecular complexity index is 186.